The second-order valence-electron chi connectivity index (χ2n) is 6.43. The molecule has 0 spiro atoms. The summed E-state index contributed by atoms with van der Waals surface area (Å²) >= 11 is 0. The lowest BCUT2D eigenvalue weighted by atomic mass is 10.0. The fourth-order valence-corrected chi connectivity index (χ4v) is 5.72. The summed E-state index contributed by atoms with van der Waals surface area (Å²) in [5.41, 5.74) is 0. The summed E-state index contributed by atoms with van der Waals surface area (Å²) in [6, 6.07) is -0.358. The fraction of sp³-hybridized carbons (Fsp3) is 0.786. The number of rotatable bonds is 4. The first-order chi connectivity index (χ1) is 10.4. The number of amides is 1. The summed E-state index contributed by atoms with van der Waals surface area (Å²) in [5.74, 6) is 0.768. The van der Waals surface area contributed by atoms with E-state index >= 15 is 0 Å². The maximum absolute atomic E-state index is 12.7. The van der Waals surface area contributed by atoms with Gasteiger partial charge in [-0.2, -0.15) is 4.68 Å². The first kappa shape index (κ1) is 15.5. The summed E-state index contributed by atoms with van der Waals surface area (Å²) in [6.45, 7) is 2.56. The lowest BCUT2D eigenvalue weighted by Crippen LogP contribution is -2.32. The standard InChI is InChI=1S/C14H22N4O3S/c1-3-6-17(2)14(19)18-9-15-13(16-18)22(20,21)12-8-10-4-5-11(12)7-10/h9-12H,3-8H2,1-2H3/t10-,11+,12-/m1/s1. The molecule has 0 N–H and O–H groups in total. The average molecular weight is 326 g/mol. The summed E-state index contributed by atoms with van der Waals surface area (Å²) in [4.78, 5) is 17.5. The highest BCUT2D eigenvalue weighted by Crippen LogP contribution is 2.48. The molecule has 2 bridgehead atoms. The van der Waals surface area contributed by atoms with Crippen molar-refractivity contribution in [2.75, 3.05) is 13.6 Å². The van der Waals surface area contributed by atoms with Gasteiger partial charge in [-0.15, -0.1) is 5.10 Å². The van der Waals surface area contributed by atoms with Crippen molar-refractivity contribution >= 4 is 15.9 Å². The summed E-state index contributed by atoms with van der Waals surface area (Å²) < 4.78 is 26.4. The monoisotopic (exact) mass is 326 g/mol. The molecule has 2 fully saturated rings. The third-order valence-electron chi connectivity index (χ3n) is 4.88. The van der Waals surface area contributed by atoms with E-state index in [2.05, 4.69) is 10.1 Å². The van der Waals surface area contributed by atoms with E-state index in [-0.39, 0.29) is 22.4 Å². The van der Waals surface area contributed by atoms with Crippen molar-refractivity contribution < 1.29 is 13.2 Å². The highest BCUT2D eigenvalue weighted by molar-refractivity contribution is 7.91. The van der Waals surface area contributed by atoms with Gasteiger partial charge in [0.2, 0.25) is 9.84 Å². The lowest BCUT2D eigenvalue weighted by Gasteiger charge is -2.19. The van der Waals surface area contributed by atoms with Crippen molar-refractivity contribution in [1.82, 2.24) is 19.7 Å². The maximum Gasteiger partial charge on any atom is 0.345 e. The molecule has 2 aliphatic carbocycles. The molecule has 0 aliphatic heterocycles. The van der Waals surface area contributed by atoms with Gasteiger partial charge in [-0.05, 0) is 37.5 Å². The molecule has 8 heteroatoms. The van der Waals surface area contributed by atoms with Crippen molar-refractivity contribution in [2.24, 2.45) is 11.8 Å². The molecule has 0 aromatic carbocycles. The van der Waals surface area contributed by atoms with Crippen LogP contribution in [-0.2, 0) is 9.84 Å². The maximum atomic E-state index is 12.7. The van der Waals surface area contributed by atoms with Gasteiger partial charge in [0.05, 0.1) is 5.25 Å². The number of nitrogens with zero attached hydrogens (tertiary/aromatic N) is 4. The Bertz CT molecular complexity index is 669. The molecule has 0 saturated heterocycles. The van der Waals surface area contributed by atoms with Gasteiger partial charge < -0.3 is 4.90 Å². The van der Waals surface area contributed by atoms with Crippen molar-refractivity contribution in [3.8, 4) is 0 Å². The van der Waals surface area contributed by atoms with Gasteiger partial charge in [0, 0.05) is 13.6 Å². The predicted octanol–water partition coefficient (Wildman–Crippen LogP) is 1.55. The number of hydrogen-bond donors (Lipinski definition) is 0. The van der Waals surface area contributed by atoms with Crippen LogP contribution in [0.1, 0.15) is 39.0 Å². The molecule has 1 aromatic rings. The lowest BCUT2D eigenvalue weighted by molar-refractivity contribution is 0.207. The van der Waals surface area contributed by atoms with Crippen LogP contribution < -0.4 is 0 Å². The Morgan fingerprint density at radius 3 is 2.77 bits per heavy atom. The predicted molar refractivity (Wildman–Crippen MR) is 80.2 cm³/mol. The third-order valence-corrected chi connectivity index (χ3v) is 6.95. The highest BCUT2D eigenvalue weighted by Gasteiger charge is 2.47. The van der Waals surface area contributed by atoms with Gasteiger partial charge in [-0.1, -0.05) is 13.3 Å². The summed E-state index contributed by atoms with van der Waals surface area (Å²) in [6.07, 6.45) is 5.86. The van der Waals surface area contributed by atoms with Crippen LogP contribution in [0, 0.1) is 11.8 Å². The van der Waals surface area contributed by atoms with E-state index in [1.54, 1.807) is 7.05 Å². The third kappa shape index (κ3) is 2.53. The van der Waals surface area contributed by atoms with E-state index in [0.29, 0.717) is 18.9 Å². The van der Waals surface area contributed by atoms with Crippen LogP contribution in [0.4, 0.5) is 4.79 Å². The smallest absolute Gasteiger partial charge is 0.326 e. The fourth-order valence-electron chi connectivity index (χ4n) is 3.78. The normalized spacial score (nSPS) is 27.3. The van der Waals surface area contributed by atoms with Crippen LogP contribution in [0.3, 0.4) is 0 Å². The van der Waals surface area contributed by atoms with Crippen molar-refractivity contribution in [3.63, 3.8) is 0 Å². The number of fused-ring (bicyclic) bond motifs is 2. The summed E-state index contributed by atoms with van der Waals surface area (Å²) in [7, 11) is -1.87. The van der Waals surface area contributed by atoms with Gasteiger partial charge in [-0.25, -0.2) is 18.2 Å². The Labute approximate surface area is 130 Å². The zero-order valence-electron chi connectivity index (χ0n) is 13.0. The second-order valence-corrected chi connectivity index (χ2v) is 8.49. The number of aromatic nitrogens is 3. The van der Waals surface area contributed by atoms with Gasteiger partial charge in [0.1, 0.15) is 6.33 Å². The zero-order chi connectivity index (χ0) is 15.9. The molecule has 22 heavy (non-hydrogen) atoms. The summed E-state index contributed by atoms with van der Waals surface area (Å²) in [5, 5.41) is 3.36. The second kappa shape index (κ2) is 5.64. The van der Waals surface area contributed by atoms with Crippen molar-refractivity contribution in [1.29, 1.82) is 0 Å². The first-order valence-electron chi connectivity index (χ1n) is 7.84. The average Bonchev–Trinajstić information content (AvgIpc) is 3.22. The van der Waals surface area contributed by atoms with E-state index < -0.39 is 9.84 Å². The topological polar surface area (TPSA) is 85.2 Å². The van der Waals surface area contributed by atoms with E-state index in [1.165, 1.54) is 11.2 Å². The minimum absolute atomic E-state index is 0.205. The molecule has 7 nitrogen and oxygen atoms in total. The Kier molecular flexibility index (Phi) is 3.96. The first-order valence-corrected chi connectivity index (χ1v) is 9.39. The molecule has 0 radical (unpaired) electrons. The van der Waals surface area contributed by atoms with Crippen LogP contribution in [0.25, 0.3) is 0 Å². The van der Waals surface area contributed by atoms with Gasteiger partial charge in [0.25, 0.3) is 5.16 Å². The Balaban J connectivity index is 1.80. The van der Waals surface area contributed by atoms with Crippen LogP contribution >= 0.6 is 0 Å². The molecule has 2 saturated carbocycles. The Morgan fingerprint density at radius 1 is 1.41 bits per heavy atom. The van der Waals surface area contributed by atoms with Crippen molar-refractivity contribution in [3.05, 3.63) is 6.33 Å². The van der Waals surface area contributed by atoms with E-state index in [9.17, 15) is 13.2 Å². The molecule has 1 aromatic heterocycles. The zero-order valence-corrected chi connectivity index (χ0v) is 13.8. The molecule has 2 aliphatic rings. The van der Waals surface area contributed by atoms with Gasteiger partial charge in [-0.3, -0.25) is 0 Å². The molecule has 3 atom stereocenters. The number of sulfone groups is 1. The largest absolute Gasteiger partial charge is 0.345 e. The molecular formula is C14H22N4O3S. The number of carbonyl (C=O) groups is 1. The Hall–Kier alpha value is -1.44. The quantitative estimate of drug-likeness (QED) is 0.838. The molecule has 1 heterocycles. The molecule has 122 valence electrons. The SMILES string of the molecule is CCCN(C)C(=O)n1cnc(S(=O)(=O)[C@@H]2C[C@@H]3CC[C@H]2C3)n1. The molecule has 3 rings (SSSR count). The van der Waals surface area contributed by atoms with Crippen LogP contribution in [0.2, 0.25) is 0 Å². The minimum atomic E-state index is -3.53. The van der Waals surface area contributed by atoms with E-state index in [0.717, 1.165) is 30.4 Å². The van der Waals surface area contributed by atoms with Crippen molar-refractivity contribution in [2.45, 2.75) is 49.4 Å². The van der Waals surface area contributed by atoms with E-state index in [1.807, 2.05) is 6.92 Å². The molecule has 0 unspecified atom stereocenters. The van der Waals surface area contributed by atoms with E-state index in [4.69, 9.17) is 0 Å². The number of hydrogen-bond acceptors (Lipinski definition) is 5. The molecule has 1 amide bonds. The van der Waals surface area contributed by atoms with Crippen LogP contribution in [0.5, 0.6) is 0 Å². The van der Waals surface area contributed by atoms with Gasteiger partial charge in [0.15, 0.2) is 0 Å². The Morgan fingerprint density at radius 2 is 2.18 bits per heavy atom. The van der Waals surface area contributed by atoms with Gasteiger partial charge >= 0.3 is 6.03 Å². The molecular weight excluding hydrogens is 304 g/mol. The highest BCUT2D eigenvalue weighted by atomic mass is 32.2. The van der Waals surface area contributed by atoms with Crippen LogP contribution in [0.15, 0.2) is 11.5 Å². The minimum Gasteiger partial charge on any atom is -0.326 e. The number of carbonyl (C=O) groups excluding carboxylic acids is 1. The van der Waals surface area contributed by atoms with Crippen LogP contribution in [-0.4, -0.2) is 53.0 Å².